The molecule has 0 aromatic heterocycles. The van der Waals surface area contributed by atoms with Crippen molar-refractivity contribution in [3.63, 3.8) is 0 Å². The minimum Gasteiger partial charge on any atom is -0.508 e. The van der Waals surface area contributed by atoms with Crippen LogP contribution in [-0.2, 0) is 0 Å². The number of rotatable bonds is 2. The van der Waals surface area contributed by atoms with Crippen molar-refractivity contribution in [3.8, 4) is 5.75 Å². The first-order valence-corrected chi connectivity index (χ1v) is 4.74. The zero-order valence-corrected chi connectivity index (χ0v) is 7.73. The molecule has 0 spiro atoms. The van der Waals surface area contributed by atoms with Crippen LogP contribution in [0.15, 0.2) is 18.2 Å². The second-order valence-corrected chi connectivity index (χ2v) is 3.71. The molecule has 1 saturated carbocycles. The van der Waals surface area contributed by atoms with Crippen LogP contribution >= 0.6 is 0 Å². The van der Waals surface area contributed by atoms with Gasteiger partial charge in [0.2, 0.25) is 0 Å². The molecule has 3 nitrogen and oxygen atoms in total. The highest BCUT2D eigenvalue weighted by Gasteiger charge is 2.23. The lowest BCUT2D eigenvalue weighted by Crippen LogP contribution is -2.10. The van der Waals surface area contributed by atoms with Crippen LogP contribution in [0, 0.1) is 0 Å². The normalized spacial score (nSPS) is 16.3. The number of carboxylic acids is 1. The van der Waals surface area contributed by atoms with Crippen molar-refractivity contribution in [3.05, 3.63) is 29.3 Å². The maximum absolute atomic E-state index is 10.7. The van der Waals surface area contributed by atoms with Gasteiger partial charge in [0.15, 0.2) is 0 Å². The molecule has 1 fully saturated rings. The van der Waals surface area contributed by atoms with Crippen molar-refractivity contribution in [2.24, 2.45) is 0 Å². The number of phenols is 1. The van der Waals surface area contributed by atoms with Gasteiger partial charge in [0.25, 0.3) is 0 Å². The number of aromatic carboxylic acids is 1. The van der Waals surface area contributed by atoms with E-state index in [1.807, 2.05) is 0 Å². The third-order valence-corrected chi connectivity index (χ3v) is 2.82. The van der Waals surface area contributed by atoms with Gasteiger partial charge >= 0.3 is 5.97 Å². The Balaban J connectivity index is 2.36. The van der Waals surface area contributed by atoms with Crippen molar-refractivity contribution in [1.29, 1.82) is 0 Å². The molecule has 0 aliphatic heterocycles. The SMILES string of the molecule is O=C(O)c1ccc(O)c(C2CCC2)c1. The summed E-state index contributed by atoms with van der Waals surface area (Å²) in [5.74, 6) is -0.362. The first kappa shape index (κ1) is 9.06. The summed E-state index contributed by atoms with van der Waals surface area (Å²) in [5.41, 5.74) is 1.04. The second kappa shape index (κ2) is 3.33. The molecule has 1 aliphatic carbocycles. The van der Waals surface area contributed by atoms with Crippen molar-refractivity contribution >= 4 is 5.97 Å². The Morgan fingerprint density at radius 3 is 2.57 bits per heavy atom. The van der Waals surface area contributed by atoms with Crippen molar-refractivity contribution < 1.29 is 15.0 Å². The van der Waals surface area contributed by atoms with Gasteiger partial charge in [0.1, 0.15) is 5.75 Å². The molecule has 0 bridgehead atoms. The molecule has 1 aromatic rings. The molecule has 0 atom stereocenters. The topological polar surface area (TPSA) is 57.5 Å². The Labute approximate surface area is 82.0 Å². The summed E-state index contributed by atoms with van der Waals surface area (Å²) in [6, 6.07) is 4.48. The maximum atomic E-state index is 10.7. The minimum atomic E-state index is -0.939. The van der Waals surface area contributed by atoms with E-state index in [2.05, 4.69) is 0 Å². The second-order valence-electron chi connectivity index (χ2n) is 3.71. The molecule has 74 valence electrons. The molecular formula is C11H12O3. The van der Waals surface area contributed by atoms with Crippen LogP contribution in [0.1, 0.15) is 41.1 Å². The van der Waals surface area contributed by atoms with Crippen LogP contribution in [0.4, 0.5) is 0 Å². The number of hydrogen-bond acceptors (Lipinski definition) is 2. The fourth-order valence-electron chi connectivity index (χ4n) is 1.73. The molecule has 1 aliphatic rings. The van der Waals surface area contributed by atoms with Gasteiger partial charge in [-0.25, -0.2) is 4.79 Å². The van der Waals surface area contributed by atoms with Crippen LogP contribution < -0.4 is 0 Å². The Hall–Kier alpha value is -1.51. The average Bonchev–Trinajstić information content (AvgIpc) is 2.05. The van der Waals surface area contributed by atoms with Gasteiger partial charge < -0.3 is 10.2 Å². The van der Waals surface area contributed by atoms with Gasteiger partial charge in [-0.3, -0.25) is 0 Å². The van der Waals surface area contributed by atoms with E-state index in [0.717, 1.165) is 18.4 Å². The number of hydrogen-bond donors (Lipinski definition) is 2. The molecule has 1 aromatic carbocycles. The first-order valence-electron chi connectivity index (χ1n) is 4.74. The molecule has 2 N–H and O–H groups in total. The Morgan fingerprint density at radius 2 is 2.07 bits per heavy atom. The van der Waals surface area contributed by atoms with Crippen LogP contribution in [0.2, 0.25) is 0 Å². The van der Waals surface area contributed by atoms with Gasteiger partial charge in [-0.05, 0) is 42.5 Å². The van der Waals surface area contributed by atoms with Crippen LogP contribution in [0.5, 0.6) is 5.75 Å². The Bertz CT molecular complexity index is 367. The summed E-state index contributed by atoms with van der Waals surface area (Å²) in [6.45, 7) is 0. The van der Waals surface area contributed by atoms with E-state index in [-0.39, 0.29) is 11.3 Å². The zero-order valence-electron chi connectivity index (χ0n) is 7.73. The number of aromatic hydroxyl groups is 1. The highest BCUT2D eigenvalue weighted by atomic mass is 16.4. The smallest absolute Gasteiger partial charge is 0.335 e. The lowest BCUT2D eigenvalue weighted by atomic mass is 9.79. The van der Waals surface area contributed by atoms with Gasteiger partial charge in [-0.15, -0.1) is 0 Å². The molecule has 3 heteroatoms. The first-order chi connectivity index (χ1) is 6.68. The van der Waals surface area contributed by atoms with E-state index in [0.29, 0.717) is 5.92 Å². The van der Waals surface area contributed by atoms with E-state index in [4.69, 9.17) is 5.11 Å². The van der Waals surface area contributed by atoms with E-state index in [1.165, 1.54) is 18.6 Å². The van der Waals surface area contributed by atoms with Gasteiger partial charge in [0, 0.05) is 0 Å². The molecular weight excluding hydrogens is 180 g/mol. The third-order valence-electron chi connectivity index (χ3n) is 2.82. The minimum absolute atomic E-state index is 0.222. The van der Waals surface area contributed by atoms with Crippen LogP contribution in [0.3, 0.4) is 0 Å². The quantitative estimate of drug-likeness (QED) is 0.756. The zero-order chi connectivity index (χ0) is 10.1. The van der Waals surface area contributed by atoms with Gasteiger partial charge in [-0.2, -0.15) is 0 Å². The van der Waals surface area contributed by atoms with E-state index < -0.39 is 5.97 Å². The molecule has 0 heterocycles. The van der Waals surface area contributed by atoms with Crippen LogP contribution in [-0.4, -0.2) is 16.2 Å². The molecule has 0 unspecified atom stereocenters. The largest absolute Gasteiger partial charge is 0.508 e. The van der Waals surface area contributed by atoms with Crippen molar-refractivity contribution in [2.75, 3.05) is 0 Å². The monoisotopic (exact) mass is 192 g/mol. The number of phenolic OH excluding ortho intramolecular Hbond substituents is 1. The number of carbonyl (C=O) groups is 1. The average molecular weight is 192 g/mol. The molecule has 14 heavy (non-hydrogen) atoms. The lowest BCUT2D eigenvalue weighted by Gasteiger charge is -2.26. The highest BCUT2D eigenvalue weighted by molar-refractivity contribution is 5.88. The molecule has 0 radical (unpaired) electrons. The summed E-state index contributed by atoms with van der Waals surface area (Å²) >= 11 is 0. The third kappa shape index (κ3) is 1.45. The summed E-state index contributed by atoms with van der Waals surface area (Å²) in [7, 11) is 0. The lowest BCUT2D eigenvalue weighted by molar-refractivity contribution is 0.0696. The molecule has 0 saturated heterocycles. The van der Waals surface area contributed by atoms with Crippen molar-refractivity contribution in [2.45, 2.75) is 25.2 Å². The summed E-state index contributed by atoms with van der Waals surface area (Å²) in [5, 5.41) is 18.4. The van der Waals surface area contributed by atoms with E-state index >= 15 is 0 Å². The maximum Gasteiger partial charge on any atom is 0.335 e. The summed E-state index contributed by atoms with van der Waals surface area (Å²) < 4.78 is 0. The summed E-state index contributed by atoms with van der Waals surface area (Å²) in [6.07, 6.45) is 3.27. The summed E-state index contributed by atoms with van der Waals surface area (Å²) in [4.78, 5) is 10.7. The fraction of sp³-hybridized carbons (Fsp3) is 0.364. The number of carboxylic acid groups (broad SMARTS) is 1. The highest BCUT2D eigenvalue weighted by Crippen LogP contribution is 2.40. The van der Waals surface area contributed by atoms with E-state index in [1.54, 1.807) is 6.07 Å². The van der Waals surface area contributed by atoms with E-state index in [9.17, 15) is 9.90 Å². The number of benzene rings is 1. The molecule has 2 rings (SSSR count). The Morgan fingerprint density at radius 1 is 1.36 bits per heavy atom. The Kier molecular flexibility index (Phi) is 2.15. The predicted octanol–water partition coefficient (Wildman–Crippen LogP) is 2.36. The van der Waals surface area contributed by atoms with Crippen molar-refractivity contribution in [1.82, 2.24) is 0 Å². The van der Waals surface area contributed by atoms with Crippen LogP contribution in [0.25, 0.3) is 0 Å². The predicted molar refractivity (Wildman–Crippen MR) is 51.7 cm³/mol. The standard InChI is InChI=1S/C11H12O3/c12-10-5-4-8(11(13)14)6-9(10)7-2-1-3-7/h4-7,12H,1-3H2,(H,13,14). The van der Waals surface area contributed by atoms with Gasteiger partial charge in [0.05, 0.1) is 5.56 Å². The molecule has 0 amide bonds. The fourth-order valence-corrected chi connectivity index (χ4v) is 1.73. The van der Waals surface area contributed by atoms with Gasteiger partial charge in [-0.1, -0.05) is 6.42 Å².